The Kier molecular flexibility index (Phi) is 13.0. The van der Waals surface area contributed by atoms with Crippen LogP contribution >= 0.6 is 0 Å². The maximum Gasteiger partial charge on any atom is 0.221 e. The number of benzene rings is 1. The van der Waals surface area contributed by atoms with E-state index >= 15 is 0 Å². The summed E-state index contributed by atoms with van der Waals surface area (Å²) in [6.45, 7) is 12.0. The van der Waals surface area contributed by atoms with Gasteiger partial charge >= 0.3 is 0 Å². The molecular weight excluding hydrogens is 426 g/mol. The minimum Gasteiger partial charge on any atom is -0.390 e. The quantitative estimate of drug-likeness (QED) is 0.323. The van der Waals surface area contributed by atoms with Crippen LogP contribution in [0.25, 0.3) is 0 Å². The fourth-order valence-corrected chi connectivity index (χ4v) is 4.97. The van der Waals surface area contributed by atoms with Crippen LogP contribution in [0.1, 0.15) is 58.1 Å². The summed E-state index contributed by atoms with van der Waals surface area (Å²) < 4.78 is 26.4. The zero-order chi connectivity index (χ0) is 24.1. The molecule has 1 rings (SSSR count). The van der Waals surface area contributed by atoms with Gasteiger partial charge in [0.1, 0.15) is 0 Å². The summed E-state index contributed by atoms with van der Waals surface area (Å²) in [6, 6.07) is 7.48. The Morgan fingerprint density at radius 2 is 1.81 bits per heavy atom. The number of carbonyl (C=O) groups is 1. The van der Waals surface area contributed by atoms with Gasteiger partial charge in [-0.3, -0.25) is 4.79 Å². The molecule has 1 aromatic rings. The van der Waals surface area contributed by atoms with Crippen molar-refractivity contribution < 1.29 is 18.3 Å². The highest BCUT2D eigenvalue weighted by Gasteiger charge is 2.24. The van der Waals surface area contributed by atoms with Crippen molar-refractivity contribution in [3.63, 3.8) is 0 Å². The Labute approximate surface area is 195 Å². The van der Waals surface area contributed by atoms with E-state index in [1.807, 2.05) is 38.1 Å². The van der Waals surface area contributed by atoms with Crippen molar-refractivity contribution in [1.82, 2.24) is 14.9 Å². The number of hydrogen-bond acceptors (Lipinski definition) is 5. The molecule has 184 valence electrons. The Bertz CT molecular complexity index is 766. The normalized spacial score (nSPS) is 14.0. The van der Waals surface area contributed by atoms with Gasteiger partial charge in [-0.05, 0) is 44.2 Å². The molecule has 0 saturated heterocycles. The van der Waals surface area contributed by atoms with Crippen LogP contribution in [0.15, 0.2) is 24.3 Å². The average molecular weight is 470 g/mol. The molecule has 32 heavy (non-hydrogen) atoms. The number of aryl methyl sites for hydroxylation is 1. The minimum atomic E-state index is -3.48. The fraction of sp³-hybridized carbons (Fsp3) is 0.708. The van der Waals surface area contributed by atoms with Gasteiger partial charge in [-0.25, -0.2) is 12.7 Å². The highest BCUT2D eigenvalue weighted by atomic mass is 32.2. The van der Waals surface area contributed by atoms with Crippen LogP contribution in [-0.4, -0.2) is 67.8 Å². The van der Waals surface area contributed by atoms with Gasteiger partial charge in [0, 0.05) is 26.1 Å². The third kappa shape index (κ3) is 10.9. The Balaban J connectivity index is 2.76. The van der Waals surface area contributed by atoms with E-state index in [2.05, 4.69) is 24.5 Å². The summed E-state index contributed by atoms with van der Waals surface area (Å²) in [6.07, 6.45) is 1.30. The lowest BCUT2D eigenvalue weighted by Crippen LogP contribution is -2.49. The molecule has 0 aromatic heterocycles. The molecule has 0 unspecified atom stereocenters. The summed E-state index contributed by atoms with van der Waals surface area (Å²) in [5.41, 5.74) is 2.15. The fourth-order valence-electron chi connectivity index (χ4n) is 3.42. The summed E-state index contributed by atoms with van der Waals surface area (Å²) in [7, 11) is -3.48. The first-order valence-corrected chi connectivity index (χ1v) is 13.4. The standard InChI is InChI=1S/C24H43N3O4S/c1-6-15-27(7-2)32(30,31)16-13-24(29)26-22(17-21-10-8-20(5)9-11-21)23(28)18-25-14-12-19(3)4/h8-11,19,22-23,25,28H,6-7,12-18H2,1-5H3,(H,26,29)/t22-,23+/m0/s1. The molecule has 0 spiro atoms. The van der Waals surface area contributed by atoms with E-state index in [4.69, 9.17) is 0 Å². The molecule has 0 saturated carbocycles. The van der Waals surface area contributed by atoms with E-state index in [9.17, 15) is 18.3 Å². The number of hydrogen-bond donors (Lipinski definition) is 3. The molecule has 0 radical (unpaired) electrons. The predicted octanol–water partition coefficient (Wildman–Crippen LogP) is 2.47. The summed E-state index contributed by atoms with van der Waals surface area (Å²) >= 11 is 0. The Morgan fingerprint density at radius 3 is 2.38 bits per heavy atom. The largest absolute Gasteiger partial charge is 0.390 e. The maximum atomic E-state index is 12.6. The second kappa shape index (κ2) is 14.6. The lowest BCUT2D eigenvalue weighted by molar-refractivity contribution is -0.122. The van der Waals surface area contributed by atoms with Crippen molar-refractivity contribution in [3.8, 4) is 0 Å². The van der Waals surface area contributed by atoms with Crippen molar-refractivity contribution in [1.29, 1.82) is 0 Å². The monoisotopic (exact) mass is 469 g/mol. The van der Waals surface area contributed by atoms with Crippen molar-refractivity contribution in [2.45, 2.75) is 72.4 Å². The zero-order valence-corrected chi connectivity index (χ0v) is 21.2. The van der Waals surface area contributed by atoms with Crippen LogP contribution in [0, 0.1) is 12.8 Å². The van der Waals surface area contributed by atoms with Crippen molar-refractivity contribution in [2.75, 3.05) is 31.9 Å². The molecule has 1 amide bonds. The van der Waals surface area contributed by atoms with Crippen LogP contribution < -0.4 is 10.6 Å². The number of rotatable bonds is 16. The van der Waals surface area contributed by atoms with Gasteiger partial charge in [0.2, 0.25) is 15.9 Å². The lowest BCUT2D eigenvalue weighted by Gasteiger charge is -2.25. The van der Waals surface area contributed by atoms with E-state index in [-0.39, 0.29) is 18.1 Å². The van der Waals surface area contributed by atoms with Gasteiger partial charge in [-0.1, -0.05) is 57.5 Å². The summed E-state index contributed by atoms with van der Waals surface area (Å²) in [5, 5.41) is 16.9. The van der Waals surface area contributed by atoms with E-state index in [1.54, 1.807) is 6.92 Å². The molecule has 3 N–H and O–H groups in total. The highest BCUT2D eigenvalue weighted by molar-refractivity contribution is 7.89. The van der Waals surface area contributed by atoms with Gasteiger partial charge < -0.3 is 15.7 Å². The van der Waals surface area contributed by atoms with Crippen LogP contribution in [0.4, 0.5) is 0 Å². The van der Waals surface area contributed by atoms with Gasteiger partial charge in [0.05, 0.1) is 17.9 Å². The van der Waals surface area contributed by atoms with E-state index in [0.717, 1.165) is 30.5 Å². The number of aliphatic hydroxyl groups is 1. The first-order chi connectivity index (χ1) is 15.1. The number of carbonyl (C=O) groups excluding carboxylic acids is 1. The third-order valence-corrected chi connectivity index (χ3v) is 7.39. The second-order valence-corrected chi connectivity index (χ2v) is 11.0. The van der Waals surface area contributed by atoms with E-state index in [1.165, 1.54) is 4.31 Å². The van der Waals surface area contributed by atoms with Crippen molar-refractivity contribution >= 4 is 15.9 Å². The molecule has 0 aliphatic rings. The molecule has 1 aromatic carbocycles. The van der Waals surface area contributed by atoms with Gasteiger partial charge in [0.15, 0.2) is 0 Å². The zero-order valence-electron chi connectivity index (χ0n) is 20.4. The van der Waals surface area contributed by atoms with Crippen LogP contribution in [0.5, 0.6) is 0 Å². The molecule has 0 bridgehead atoms. The third-order valence-electron chi connectivity index (χ3n) is 5.45. The van der Waals surface area contributed by atoms with Crippen LogP contribution in [-0.2, 0) is 21.2 Å². The first kappa shape index (κ1) is 28.6. The lowest BCUT2D eigenvalue weighted by atomic mass is 10.00. The van der Waals surface area contributed by atoms with Gasteiger partial charge in [-0.2, -0.15) is 0 Å². The van der Waals surface area contributed by atoms with Crippen LogP contribution in [0.2, 0.25) is 0 Å². The minimum absolute atomic E-state index is 0.125. The smallest absolute Gasteiger partial charge is 0.221 e. The number of nitrogens with zero attached hydrogens (tertiary/aromatic N) is 1. The molecule has 0 fully saturated rings. The molecule has 0 aliphatic heterocycles. The number of aliphatic hydroxyl groups excluding tert-OH is 1. The molecular formula is C24H43N3O4S. The number of amides is 1. The Morgan fingerprint density at radius 1 is 1.16 bits per heavy atom. The number of nitrogens with one attached hydrogen (secondary N) is 2. The van der Waals surface area contributed by atoms with Crippen molar-refractivity contribution in [3.05, 3.63) is 35.4 Å². The molecule has 0 aliphatic carbocycles. The molecule has 7 nitrogen and oxygen atoms in total. The summed E-state index contributed by atoms with van der Waals surface area (Å²) in [5.74, 6) is -0.0216. The van der Waals surface area contributed by atoms with Crippen molar-refractivity contribution in [2.24, 2.45) is 5.92 Å². The summed E-state index contributed by atoms with van der Waals surface area (Å²) in [4.78, 5) is 12.6. The van der Waals surface area contributed by atoms with Gasteiger partial charge in [0.25, 0.3) is 0 Å². The number of sulfonamides is 1. The molecule has 0 heterocycles. The van der Waals surface area contributed by atoms with E-state index < -0.39 is 22.2 Å². The Hall–Kier alpha value is -1.48. The predicted molar refractivity (Wildman–Crippen MR) is 131 cm³/mol. The SMILES string of the molecule is CCCN(CC)S(=O)(=O)CCC(=O)N[C@@H](Cc1ccc(C)cc1)[C@H](O)CNCCC(C)C. The maximum absolute atomic E-state index is 12.6. The highest BCUT2D eigenvalue weighted by Crippen LogP contribution is 2.10. The topological polar surface area (TPSA) is 98.7 Å². The molecule has 2 atom stereocenters. The first-order valence-electron chi connectivity index (χ1n) is 11.8. The second-order valence-electron chi connectivity index (χ2n) is 8.88. The average Bonchev–Trinajstić information content (AvgIpc) is 2.74. The van der Waals surface area contributed by atoms with E-state index in [0.29, 0.717) is 32.0 Å². The van der Waals surface area contributed by atoms with Gasteiger partial charge in [-0.15, -0.1) is 0 Å². The van der Waals surface area contributed by atoms with Crippen LogP contribution in [0.3, 0.4) is 0 Å². The molecule has 8 heteroatoms.